The predicted molar refractivity (Wildman–Crippen MR) is 73.9 cm³/mol. The molecule has 0 amide bonds. The van der Waals surface area contributed by atoms with Crippen LogP contribution in [0.15, 0.2) is 6.07 Å². The van der Waals surface area contributed by atoms with Gasteiger partial charge in [-0.2, -0.15) is 5.26 Å². The van der Waals surface area contributed by atoms with Crippen LogP contribution >= 0.6 is 23.4 Å². The Morgan fingerprint density at radius 3 is 2.76 bits per heavy atom. The molecule has 0 aromatic heterocycles. The van der Waals surface area contributed by atoms with E-state index < -0.39 is 0 Å². The van der Waals surface area contributed by atoms with Gasteiger partial charge in [0.2, 0.25) is 0 Å². The average Bonchev–Trinajstić information content (AvgIpc) is 2.30. The van der Waals surface area contributed by atoms with E-state index >= 15 is 0 Å². The van der Waals surface area contributed by atoms with Gasteiger partial charge in [0.25, 0.3) is 0 Å². The van der Waals surface area contributed by atoms with Crippen LogP contribution in [0.25, 0.3) is 0 Å². The highest BCUT2D eigenvalue weighted by atomic mass is 35.5. The van der Waals surface area contributed by atoms with Crippen molar-refractivity contribution in [3.05, 3.63) is 27.8 Å². The first-order chi connectivity index (χ1) is 8.11. The molecule has 0 aliphatic rings. The Kier molecular flexibility index (Phi) is 5.67. The Bertz CT molecular complexity index is 440. The zero-order valence-electron chi connectivity index (χ0n) is 10.3. The highest BCUT2D eigenvalue weighted by Crippen LogP contribution is 2.33. The number of methoxy groups -OCH3 is 1. The van der Waals surface area contributed by atoms with Crippen molar-refractivity contribution >= 4 is 23.4 Å². The van der Waals surface area contributed by atoms with Crippen LogP contribution in [0.2, 0.25) is 5.02 Å². The van der Waals surface area contributed by atoms with Gasteiger partial charge in [-0.3, -0.25) is 0 Å². The zero-order valence-corrected chi connectivity index (χ0v) is 11.9. The summed E-state index contributed by atoms with van der Waals surface area (Å²) >= 11 is 7.46. The van der Waals surface area contributed by atoms with E-state index in [2.05, 4.69) is 5.40 Å². The van der Waals surface area contributed by atoms with Gasteiger partial charge in [-0.1, -0.05) is 11.6 Å². The minimum absolute atomic E-state index is 0.784. The normalized spacial score (nSPS) is 10.1. The quantitative estimate of drug-likeness (QED) is 0.596. The van der Waals surface area contributed by atoms with Crippen molar-refractivity contribution < 1.29 is 4.74 Å². The summed E-state index contributed by atoms with van der Waals surface area (Å²) in [5.41, 5.74) is 3.30. The van der Waals surface area contributed by atoms with Crippen LogP contribution in [0.1, 0.15) is 23.1 Å². The monoisotopic (exact) mass is 269 g/mol. The molecule has 0 saturated carbocycles. The summed E-state index contributed by atoms with van der Waals surface area (Å²) < 4.78 is 5.44. The number of thiocyanates is 1. The highest BCUT2D eigenvalue weighted by molar-refractivity contribution is 8.03. The van der Waals surface area contributed by atoms with Crippen molar-refractivity contribution in [2.45, 2.75) is 26.7 Å². The number of benzene rings is 1. The number of aryl methyl sites for hydroxylation is 1. The van der Waals surface area contributed by atoms with E-state index in [-0.39, 0.29) is 0 Å². The molecule has 0 fully saturated rings. The number of hydrogen-bond acceptors (Lipinski definition) is 3. The second-order valence-electron chi connectivity index (χ2n) is 3.86. The molecule has 0 aliphatic heterocycles. The first-order valence-electron chi connectivity index (χ1n) is 5.45. The molecule has 1 rings (SSSR count). The molecule has 1 aromatic carbocycles. The van der Waals surface area contributed by atoms with Crippen molar-refractivity contribution in [2.24, 2.45) is 0 Å². The van der Waals surface area contributed by atoms with Crippen molar-refractivity contribution in [2.75, 3.05) is 12.9 Å². The number of hydrogen-bond donors (Lipinski definition) is 0. The predicted octanol–water partition coefficient (Wildman–Crippen LogP) is 4.11. The van der Waals surface area contributed by atoms with Crippen LogP contribution in [0, 0.1) is 24.5 Å². The van der Waals surface area contributed by atoms with E-state index in [0.29, 0.717) is 0 Å². The largest absolute Gasteiger partial charge is 0.496 e. The summed E-state index contributed by atoms with van der Waals surface area (Å²) in [5.74, 6) is 1.76. The number of nitriles is 1. The standard InChI is InChI=1S/C13H16ClNOS/c1-9-7-12(14)10(2)11(13(9)16-3)5-4-6-17-8-15/h7H,4-6H2,1-3H3. The Labute approximate surface area is 112 Å². The summed E-state index contributed by atoms with van der Waals surface area (Å²) in [6.07, 6.45) is 1.85. The molecular formula is C13H16ClNOS. The van der Waals surface area contributed by atoms with Crippen LogP contribution in [0.4, 0.5) is 0 Å². The smallest absolute Gasteiger partial charge is 0.133 e. The molecule has 0 spiro atoms. The first kappa shape index (κ1) is 14.2. The number of rotatable bonds is 5. The van der Waals surface area contributed by atoms with Crippen molar-refractivity contribution in [1.82, 2.24) is 0 Å². The molecule has 0 aliphatic carbocycles. The third kappa shape index (κ3) is 3.55. The molecule has 4 heteroatoms. The molecule has 92 valence electrons. The minimum Gasteiger partial charge on any atom is -0.496 e. The van der Waals surface area contributed by atoms with Crippen molar-refractivity contribution in [3.63, 3.8) is 0 Å². The lowest BCUT2D eigenvalue weighted by Gasteiger charge is -2.15. The summed E-state index contributed by atoms with van der Waals surface area (Å²) in [6, 6.07) is 1.93. The lowest BCUT2D eigenvalue weighted by molar-refractivity contribution is 0.406. The molecule has 2 nitrogen and oxygen atoms in total. The summed E-state index contributed by atoms with van der Waals surface area (Å²) in [4.78, 5) is 0. The molecule has 17 heavy (non-hydrogen) atoms. The Balaban J connectivity index is 2.92. The molecular weight excluding hydrogens is 254 g/mol. The van der Waals surface area contributed by atoms with E-state index in [4.69, 9.17) is 21.6 Å². The van der Waals surface area contributed by atoms with Crippen LogP contribution in [0.5, 0.6) is 5.75 Å². The average molecular weight is 270 g/mol. The van der Waals surface area contributed by atoms with Gasteiger partial charge in [0, 0.05) is 10.8 Å². The van der Waals surface area contributed by atoms with Gasteiger partial charge in [-0.25, -0.2) is 0 Å². The van der Waals surface area contributed by atoms with Crippen LogP contribution in [0.3, 0.4) is 0 Å². The fraction of sp³-hybridized carbons (Fsp3) is 0.462. The number of halogens is 1. The van der Waals surface area contributed by atoms with E-state index in [1.54, 1.807) is 7.11 Å². The minimum atomic E-state index is 0.784. The van der Waals surface area contributed by atoms with Crippen LogP contribution < -0.4 is 4.74 Å². The van der Waals surface area contributed by atoms with Crippen LogP contribution in [-0.4, -0.2) is 12.9 Å². The molecule has 0 atom stereocenters. The Hall–Kier alpha value is -0.850. The van der Waals surface area contributed by atoms with Crippen LogP contribution in [-0.2, 0) is 6.42 Å². The summed E-state index contributed by atoms with van der Waals surface area (Å²) in [7, 11) is 1.68. The van der Waals surface area contributed by atoms with E-state index in [0.717, 1.165) is 46.1 Å². The highest BCUT2D eigenvalue weighted by Gasteiger charge is 2.12. The molecule has 1 aromatic rings. The topological polar surface area (TPSA) is 33.0 Å². The maximum Gasteiger partial charge on any atom is 0.133 e. The maximum atomic E-state index is 8.47. The lowest BCUT2D eigenvalue weighted by atomic mass is 10.00. The van der Waals surface area contributed by atoms with Gasteiger partial charge in [-0.15, -0.1) is 0 Å². The lowest BCUT2D eigenvalue weighted by Crippen LogP contribution is -2.00. The fourth-order valence-electron chi connectivity index (χ4n) is 1.87. The fourth-order valence-corrected chi connectivity index (χ4v) is 2.53. The molecule has 0 saturated heterocycles. The van der Waals surface area contributed by atoms with E-state index in [1.807, 2.05) is 19.9 Å². The summed E-state index contributed by atoms with van der Waals surface area (Å²) in [6.45, 7) is 4.01. The molecule has 0 heterocycles. The van der Waals surface area contributed by atoms with Crippen molar-refractivity contribution in [1.29, 1.82) is 5.26 Å². The number of nitrogens with zero attached hydrogens (tertiary/aromatic N) is 1. The molecule has 0 unspecified atom stereocenters. The first-order valence-corrected chi connectivity index (χ1v) is 6.81. The van der Waals surface area contributed by atoms with Crippen molar-refractivity contribution in [3.8, 4) is 11.2 Å². The Morgan fingerprint density at radius 1 is 1.47 bits per heavy atom. The van der Waals surface area contributed by atoms with E-state index in [1.165, 1.54) is 11.8 Å². The van der Waals surface area contributed by atoms with Gasteiger partial charge in [0.1, 0.15) is 11.2 Å². The van der Waals surface area contributed by atoms with Gasteiger partial charge in [-0.05, 0) is 61.2 Å². The molecule has 0 N–H and O–H groups in total. The van der Waals surface area contributed by atoms with Gasteiger partial charge >= 0.3 is 0 Å². The second kappa shape index (κ2) is 6.78. The molecule has 0 radical (unpaired) electrons. The third-order valence-electron chi connectivity index (χ3n) is 2.73. The van der Waals surface area contributed by atoms with Gasteiger partial charge < -0.3 is 4.74 Å². The third-order valence-corrected chi connectivity index (χ3v) is 3.74. The second-order valence-corrected chi connectivity index (χ2v) is 5.14. The van der Waals surface area contributed by atoms with Gasteiger partial charge in [0.05, 0.1) is 7.11 Å². The zero-order chi connectivity index (χ0) is 12.8. The number of thioether (sulfide) groups is 1. The van der Waals surface area contributed by atoms with Gasteiger partial charge in [0.15, 0.2) is 0 Å². The maximum absolute atomic E-state index is 8.47. The summed E-state index contributed by atoms with van der Waals surface area (Å²) in [5, 5.41) is 11.3. The Morgan fingerprint density at radius 2 is 2.18 bits per heavy atom. The molecule has 0 bridgehead atoms. The van der Waals surface area contributed by atoms with E-state index in [9.17, 15) is 0 Å². The number of ether oxygens (including phenoxy) is 1. The SMILES string of the molecule is COc1c(C)cc(Cl)c(C)c1CCCSC#N.